The molecule has 0 spiro atoms. The number of phenols is 1. The number of phenolic OH excluding ortho intramolecular Hbond substituents is 1. The lowest BCUT2D eigenvalue weighted by molar-refractivity contribution is 0.414. The third-order valence-corrected chi connectivity index (χ3v) is 4.19. The number of hydrogen-bond donors (Lipinski definition) is 2. The normalized spacial score (nSPS) is 17.3. The highest BCUT2D eigenvalue weighted by molar-refractivity contribution is 5.43. The van der Waals surface area contributed by atoms with Gasteiger partial charge in [-0.15, -0.1) is 0 Å². The van der Waals surface area contributed by atoms with Crippen LogP contribution in [-0.4, -0.2) is 18.8 Å². The van der Waals surface area contributed by atoms with Gasteiger partial charge in [-0.2, -0.15) is 0 Å². The average molecular weight is 283 g/mol. The molecule has 21 heavy (non-hydrogen) atoms. The van der Waals surface area contributed by atoms with E-state index in [-0.39, 0.29) is 6.04 Å². The first-order valence-corrected chi connectivity index (χ1v) is 7.45. The molecule has 1 unspecified atom stereocenters. The first-order chi connectivity index (χ1) is 10.3. The van der Waals surface area contributed by atoms with Gasteiger partial charge < -0.3 is 15.2 Å². The van der Waals surface area contributed by atoms with Crippen molar-refractivity contribution in [3.05, 3.63) is 59.2 Å². The maximum absolute atomic E-state index is 10.1. The Hall–Kier alpha value is -2.00. The molecule has 0 saturated heterocycles. The van der Waals surface area contributed by atoms with E-state index in [0.717, 1.165) is 37.1 Å². The third kappa shape index (κ3) is 3.03. The second-order valence-corrected chi connectivity index (χ2v) is 5.49. The van der Waals surface area contributed by atoms with Crippen LogP contribution in [0.3, 0.4) is 0 Å². The number of benzene rings is 2. The molecule has 0 saturated carbocycles. The quantitative estimate of drug-likeness (QED) is 0.905. The van der Waals surface area contributed by atoms with Gasteiger partial charge in [0.2, 0.25) is 0 Å². The molecule has 3 heteroatoms. The molecule has 1 aliphatic heterocycles. The molecular weight excluding hydrogens is 262 g/mol. The van der Waals surface area contributed by atoms with Gasteiger partial charge in [-0.05, 0) is 55.1 Å². The van der Waals surface area contributed by atoms with Crippen LogP contribution in [0.5, 0.6) is 11.5 Å². The van der Waals surface area contributed by atoms with Gasteiger partial charge in [-0.1, -0.05) is 24.3 Å². The molecule has 2 aromatic carbocycles. The molecule has 0 bridgehead atoms. The van der Waals surface area contributed by atoms with Crippen LogP contribution in [0.4, 0.5) is 0 Å². The summed E-state index contributed by atoms with van der Waals surface area (Å²) in [4.78, 5) is 0. The Kier molecular flexibility index (Phi) is 4.11. The number of hydrogen-bond acceptors (Lipinski definition) is 3. The number of methoxy groups -OCH3 is 1. The maximum atomic E-state index is 10.1. The molecule has 1 atom stereocenters. The lowest BCUT2D eigenvalue weighted by Gasteiger charge is -2.27. The van der Waals surface area contributed by atoms with E-state index < -0.39 is 0 Å². The Balaban J connectivity index is 1.71. The summed E-state index contributed by atoms with van der Waals surface area (Å²) in [6.07, 6.45) is 2.95. The number of aryl methyl sites for hydroxylation is 1. The van der Waals surface area contributed by atoms with Crippen molar-refractivity contribution in [2.45, 2.75) is 25.3 Å². The van der Waals surface area contributed by atoms with Gasteiger partial charge in [0.15, 0.2) is 0 Å². The molecule has 0 aromatic heterocycles. The highest BCUT2D eigenvalue weighted by atomic mass is 16.5. The highest BCUT2D eigenvalue weighted by Crippen LogP contribution is 2.33. The first kappa shape index (κ1) is 14.0. The number of ether oxygens (including phenoxy) is 1. The van der Waals surface area contributed by atoms with E-state index in [1.165, 1.54) is 11.1 Å². The standard InChI is InChI=1S/C18H21NO2/c1-21-15-8-5-13(6-9-15)7-10-16-18-14(11-12-19-16)3-2-4-17(18)20/h2-6,8-9,16,19-20H,7,10-12H2,1H3. The molecule has 2 N–H and O–H groups in total. The molecule has 0 fully saturated rings. The maximum Gasteiger partial charge on any atom is 0.120 e. The van der Waals surface area contributed by atoms with Gasteiger partial charge in [-0.3, -0.25) is 0 Å². The fraction of sp³-hybridized carbons (Fsp3) is 0.333. The molecule has 0 aliphatic carbocycles. The van der Waals surface area contributed by atoms with E-state index >= 15 is 0 Å². The summed E-state index contributed by atoms with van der Waals surface area (Å²) in [6, 6.07) is 14.3. The van der Waals surface area contributed by atoms with Crippen molar-refractivity contribution in [3.8, 4) is 11.5 Å². The lowest BCUT2D eigenvalue weighted by atomic mass is 9.90. The van der Waals surface area contributed by atoms with E-state index in [9.17, 15) is 5.11 Å². The van der Waals surface area contributed by atoms with Gasteiger partial charge in [-0.25, -0.2) is 0 Å². The fourth-order valence-corrected chi connectivity index (χ4v) is 3.05. The fourth-order valence-electron chi connectivity index (χ4n) is 3.05. The molecule has 2 aromatic rings. The Morgan fingerprint density at radius 3 is 2.76 bits per heavy atom. The summed E-state index contributed by atoms with van der Waals surface area (Å²) in [5.41, 5.74) is 3.64. The van der Waals surface area contributed by atoms with Crippen LogP contribution < -0.4 is 10.1 Å². The molecule has 1 heterocycles. The topological polar surface area (TPSA) is 41.5 Å². The van der Waals surface area contributed by atoms with E-state index in [4.69, 9.17) is 4.74 Å². The van der Waals surface area contributed by atoms with Crippen LogP contribution in [0.1, 0.15) is 29.2 Å². The smallest absolute Gasteiger partial charge is 0.120 e. The zero-order valence-electron chi connectivity index (χ0n) is 12.3. The molecule has 0 radical (unpaired) electrons. The van der Waals surface area contributed by atoms with Crippen molar-refractivity contribution < 1.29 is 9.84 Å². The Bertz CT molecular complexity index is 607. The number of nitrogens with one attached hydrogen (secondary N) is 1. The molecule has 0 amide bonds. The highest BCUT2D eigenvalue weighted by Gasteiger charge is 2.22. The second-order valence-electron chi connectivity index (χ2n) is 5.49. The molecule has 110 valence electrons. The van der Waals surface area contributed by atoms with E-state index in [0.29, 0.717) is 5.75 Å². The van der Waals surface area contributed by atoms with Crippen LogP contribution in [-0.2, 0) is 12.8 Å². The minimum atomic E-state index is 0.233. The van der Waals surface area contributed by atoms with Crippen LogP contribution in [0.15, 0.2) is 42.5 Å². The number of fused-ring (bicyclic) bond motifs is 1. The van der Waals surface area contributed by atoms with Crippen molar-refractivity contribution in [3.63, 3.8) is 0 Å². The monoisotopic (exact) mass is 283 g/mol. The van der Waals surface area contributed by atoms with E-state index in [1.54, 1.807) is 13.2 Å². The summed E-state index contributed by atoms with van der Waals surface area (Å²) >= 11 is 0. The molecule has 3 rings (SSSR count). The predicted molar refractivity (Wildman–Crippen MR) is 83.9 cm³/mol. The van der Waals surface area contributed by atoms with Gasteiger partial charge >= 0.3 is 0 Å². The van der Waals surface area contributed by atoms with Crippen molar-refractivity contribution in [1.82, 2.24) is 5.32 Å². The molecular formula is C18H21NO2. The van der Waals surface area contributed by atoms with Crippen LogP contribution in [0.25, 0.3) is 0 Å². The zero-order valence-corrected chi connectivity index (χ0v) is 12.3. The van der Waals surface area contributed by atoms with Gasteiger partial charge in [0.25, 0.3) is 0 Å². The van der Waals surface area contributed by atoms with Crippen LogP contribution in [0.2, 0.25) is 0 Å². The Labute approximate surface area is 125 Å². The lowest BCUT2D eigenvalue weighted by Crippen LogP contribution is -2.30. The minimum absolute atomic E-state index is 0.233. The number of rotatable bonds is 4. The van der Waals surface area contributed by atoms with E-state index in [1.807, 2.05) is 18.2 Å². The number of aromatic hydroxyl groups is 1. The van der Waals surface area contributed by atoms with Gasteiger partial charge in [0, 0.05) is 11.6 Å². The SMILES string of the molecule is COc1ccc(CCC2NCCc3cccc(O)c32)cc1. The largest absolute Gasteiger partial charge is 0.508 e. The van der Waals surface area contributed by atoms with Crippen LogP contribution >= 0.6 is 0 Å². The van der Waals surface area contributed by atoms with Crippen molar-refractivity contribution in [1.29, 1.82) is 0 Å². The van der Waals surface area contributed by atoms with E-state index in [2.05, 4.69) is 23.5 Å². The first-order valence-electron chi connectivity index (χ1n) is 7.45. The average Bonchev–Trinajstić information content (AvgIpc) is 2.53. The van der Waals surface area contributed by atoms with Gasteiger partial charge in [0.05, 0.1) is 7.11 Å². The third-order valence-electron chi connectivity index (χ3n) is 4.19. The summed E-state index contributed by atoms with van der Waals surface area (Å²) in [7, 11) is 1.68. The molecule has 1 aliphatic rings. The summed E-state index contributed by atoms with van der Waals surface area (Å²) in [5.74, 6) is 1.30. The summed E-state index contributed by atoms with van der Waals surface area (Å²) in [6.45, 7) is 0.976. The predicted octanol–water partition coefficient (Wildman–Crippen LogP) is 3.22. The summed E-state index contributed by atoms with van der Waals surface area (Å²) < 4.78 is 5.18. The second kappa shape index (κ2) is 6.19. The van der Waals surface area contributed by atoms with Crippen molar-refractivity contribution in [2.75, 3.05) is 13.7 Å². The van der Waals surface area contributed by atoms with Gasteiger partial charge in [0.1, 0.15) is 11.5 Å². The summed E-state index contributed by atoms with van der Waals surface area (Å²) in [5, 5.41) is 13.7. The Morgan fingerprint density at radius 1 is 1.19 bits per heavy atom. The Morgan fingerprint density at radius 2 is 2.00 bits per heavy atom. The zero-order chi connectivity index (χ0) is 14.7. The van der Waals surface area contributed by atoms with Crippen molar-refractivity contribution >= 4 is 0 Å². The van der Waals surface area contributed by atoms with Crippen molar-refractivity contribution in [2.24, 2.45) is 0 Å². The molecule has 3 nitrogen and oxygen atoms in total. The minimum Gasteiger partial charge on any atom is -0.508 e. The van der Waals surface area contributed by atoms with Crippen LogP contribution in [0, 0.1) is 0 Å².